The van der Waals surface area contributed by atoms with Crippen molar-refractivity contribution < 1.29 is 24.3 Å². The number of nitrogens with zero attached hydrogens (tertiary/aromatic N) is 7. The van der Waals surface area contributed by atoms with Gasteiger partial charge in [-0.2, -0.15) is 4.68 Å². The van der Waals surface area contributed by atoms with Gasteiger partial charge in [-0.3, -0.25) is 14.4 Å². The number of carbonyl (C=O) groups excluding carboxylic acids is 3. The number of tetrazole rings is 1. The van der Waals surface area contributed by atoms with Gasteiger partial charge >= 0.3 is 17.8 Å². The van der Waals surface area contributed by atoms with E-state index < -0.39 is 29.7 Å². The maximum atomic E-state index is 13.7. The lowest BCUT2D eigenvalue weighted by Gasteiger charge is -2.38. The van der Waals surface area contributed by atoms with Crippen LogP contribution in [0.5, 0.6) is 0 Å². The zero-order valence-electron chi connectivity index (χ0n) is 22.2. The smallest absolute Gasteiger partial charge is 0.371 e. The number of rotatable bonds is 8. The molecule has 1 aliphatic heterocycles. The third-order valence-corrected chi connectivity index (χ3v) is 7.22. The lowest BCUT2D eigenvalue weighted by atomic mass is 10.0. The predicted molar refractivity (Wildman–Crippen MR) is 154 cm³/mol. The third kappa shape index (κ3) is 5.50. The van der Waals surface area contributed by atoms with Crippen LogP contribution in [0.3, 0.4) is 0 Å². The summed E-state index contributed by atoms with van der Waals surface area (Å²) in [4.78, 5) is 61.4. The number of imidazole rings is 1. The fraction of sp³-hybridized carbons (Fsp3) is 0.143. The fourth-order valence-corrected chi connectivity index (χ4v) is 5.12. The van der Waals surface area contributed by atoms with Crippen LogP contribution in [-0.4, -0.2) is 83.0 Å². The Balaban J connectivity index is 1.28. The number of nitrogens with one attached hydrogen (secondary N) is 2. The molecule has 3 amide bonds. The van der Waals surface area contributed by atoms with Crippen molar-refractivity contribution in [2.75, 3.05) is 23.3 Å². The van der Waals surface area contributed by atoms with Crippen molar-refractivity contribution in [3.8, 4) is 5.69 Å². The quantitative estimate of drug-likeness (QED) is 0.226. The number of piperazine rings is 1. The number of fused-ring (bicyclic) bond motifs is 1. The van der Waals surface area contributed by atoms with E-state index in [-0.39, 0.29) is 25.3 Å². The highest BCUT2D eigenvalue weighted by Gasteiger charge is 2.40. The predicted octanol–water partition coefficient (Wildman–Crippen LogP) is 2.32. The first-order chi connectivity index (χ1) is 20.8. The van der Waals surface area contributed by atoms with Gasteiger partial charge < -0.3 is 25.2 Å². The number of carbonyl (C=O) groups is 4. The number of hydrogen-bond donors (Lipinski definition) is 3. The molecular weight excluding hydrogens is 578 g/mol. The Morgan fingerprint density at radius 3 is 2.56 bits per heavy atom. The lowest BCUT2D eigenvalue weighted by Crippen LogP contribution is -2.60. The van der Waals surface area contributed by atoms with Crippen molar-refractivity contribution in [3.05, 3.63) is 89.5 Å². The van der Waals surface area contributed by atoms with E-state index in [0.29, 0.717) is 33.1 Å². The van der Waals surface area contributed by atoms with Crippen LogP contribution in [0.2, 0.25) is 5.02 Å². The number of anilines is 2. The molecule has 6 rings (SSSR count). The highest BCUT2D eigenvalue weighted by atomic mass is 35.5. The highest BCUT2D eigenvalue weighted by molar-refractivity contribution is 6.41. The summed E-state index contributed by atoms with van der Waals surface area (Å²) >= 11 is 6.24. The molecule has 0 bridgehead atoms. The van der Waals surface area contributed by atoms with E-state index in [9.17, 15) is 24.3 Å². The van der Waals surface area contributed by atoms with Crippen LogP contribution in [0.1, 0.15) is 16.2 Å². The molecule has 0 aliphatic carbocycles. The van der Waals surface area contributed by atoms with Crippen molar-refractivity contribution in [3.63, 3.8) is 0 Å². The molecule has 0 unspecified atom stereocenters. The van der Waals surface area contributed by atoms with Gasteiger partial charge in [-0.15, -0.1) is 5.10 Å². The minimum atomic E-state index is -1.21. The van der Waals surface area contributed by atoms with E-state index >= 15 is 0 Å². The zero-order chi connectivity index (χ0) is 30.1. The van der Waals surface area contributed by atoms with Gasteiger partial charge in [0.15, 0.2) is 0 Å². The first-order valence-corrected chi connectivity index (χ1v) is 13.4. The van der Waals surface area contributed by atoms with Crippen molar-refractivity contribution in [1.29, 1.82) is 0 Å². The Morgan fingerprint density at radius 1 is 1.00 bits per heavy atom. The van der Waals surface area contributed by atoms with Crippen LogP contribution >= 0.6 is 11.6 Å². The number of H-pyrrole nitrogens is 1. The van der Waals surface area contributed by atoms with Gasteiger partial charge in [0.1, 0.15) is 12.4 Å². The van der Waals surface area contributed by atoms with Crippen LogP contribution < -0.4 is 10.2 Å². The first kappa shape index (κ1) is 27.5. The van der Waals surface area contributed by atoms with Crippen LogP contribution in [0, 0.1) is 0 Å². The summed E-state index contributed by atoms with van der Waals surface area (Å²) in [5.41, 5.74) is 2.76. The standard InChI is InChI=1S/C28H22ClN9O5/c29-17-6-9-21(38-15-30-34-35-38)22(13-17)36-10-11-37(27(41)26(36)40)23(12-16-4-2-1-3-5-16)25(39)31-18-7-8-19-20(14-18)33-24(32-19)28(42)43/h1-9,13-15,23H,10-12H2,(H,31,39)(H,32,33)(H,42,43)/t23-/m0/s1. The number of carboxylic acid groups (broad SMARTS) is 1. The van der Waals surface area contributed by atoms with Gasteiger partial charge in [0.25, 0.3) is 0 Å². The number of hydrogen-bond acceptors (Lipinski definition) is 8. The van der Waals surface area contributed by atoms with Crippen LogP contribution in [0.4, 0.5) is 11.4 Å². The molecule has 0 spiro atoms. The number of aromatic nitrogens is 6. The molecule has 1 fully saturated rings. The summed E-state index contributed by atoms with van der Waals surface area (Å²) in [5, 5.41) is 23.5. The second-order valence-electron chi connectivity index (χ2n) is 9.66. The van der Waals surface area contributed by atoms with Crippen molar-refractivity contribution in [2.45, 2.75) is 12.5 Å². The average molecular weight is 600 g/mol. The molecule has 43 heavy (non-hydrogen) atoms. The second-order valence-corrected chi connectivity index (χ2v) is 10.1. The van der Waals surface area contributed by atoms with E-state index in [1.807, 2.05) is 30.3 Å². The van der Waals surface area contributed by atoms with Gasteiger partial charge in [0, 0.05) is 30.2 Å². The normalized spacial score (nSPS) is 14.3. The second kappa shape index (κ2) is 11.3. The molecule has 1 aliphatic rings. The monoisotopic (exact) mass is 599 g/mol. The Kier molecular flexibility index (Phi) is 7.26. The lowest BCUT2D eigenvalue weighted by molar-refractivity contribution is -0.149. The molecule has 3 aromatic carbocycles. The fourth-order valence-electron chi connectivity index (χ4n) is 4.95. The molecule has 15 heteroatoms. The largest absolute Gasteiger partial charge is 0.475 e. The number of carboxylic acids is 1. The average Bonchev–Trinajstić information content (AvgIpc) is 3.69. The van der Waals surface area contributed by atoms with Crippen molar-refractivity contribution in [2.24, 2.45) is 0 Å². The molecule has 2 aromatic heterocycles. The summed E-state index contributed by atoms with van der Waals surface area (Å²) in [6.07, 6.45) is 1.51. The van der Waals surface area contributed by atoms with Gasteiger partial charge in [0.05, 0.1) is 22.4 Å². The molecule has 3 heterocycles. The number of amides is 3. The molecule has 1 atom stereocenters. The van der Waals surface area contributed by atoms with Crippen LogP contribution in [0.15, 0.2) is 73.1 Å². The Morgan fingerprint density at radius 2 is 1.81 bits per heavy atom. The first-order valence-electron chi connectivity index (χ1n) is 13.0. The summed E-state index contributed by atoms with van der Waals surface area (Å²) in [6.45, 7) is 0.134. The summed E-state index contributed by atoms with van der Waals surface area (Å²) in [7, 11) is 0. The maximum Gasteiger partial charge on any atom is 0.371 e. The Labute approximate surface area is 247 Å². The SMILES string of the molecule is O=C(O)c1nc2ccc(NC(=O)[C@H](Cc3ccccc3)N3CCN(c4cc(Cl)ccc4-n4cnnn4)C(=O)C3=O)cc2[nH]1. The van der Waals surface area contributed by atoms with Crippen LogP contribution in [-0.2, 0) is 20.8 Å². The molecule has 216 valence electrons. The van der Waals surface area contributed by atoms with E-state index in [4.69, 9.17) is 11.6 Å². The molecule has 0 saturated carbocycles. The van der Waals surface area contributed by atoms with Gasteiger partial charge in [0.2, 0.25) is 11.7 Å². The molecule has 5 aromatic rings. The van der Waals surface area contributed by atoms with Crippen molar-refractivity contribution >= 4 is 57.7 Å². The zero-order valence-corrected chi connectivity index (χ0v) is 23.0. The number of aromatic carboxylic acids is 1. The van der Waals surface area contributed by atoms with E-state index in [2.05, 4.69) is 30.8 Å². The summed E-state index contributed by atoms with van der Waals surface area (Å²) in [5.74, 6) is -3.66. The van der Waals surface area contributed by atoms with E-state index in [1.54, 1.807) is 36.4 Å². The van der Waals surface area contributed by atoms with E-state index in [0.717, 1.165) is 5.56 Å². The topological polar surface area (TPSA) is 179 Å². The van der Waals surface area contributed by atoms with E-state index in [1.165, 1.54) is 20.8 Å². The molecule has 3 N–H and O–H groups in total. The summed E-state index contributed by atoms with van der Waals surface area (Å²) < 4.78 is 1.36. The molecular formula is C28H22ClN9O5. The number of benzene rings is 3. The van der Waals surface area contributed by atoms with Crippen LogP contribution in [0.25, 0.3) is 16.7 Å². The number of halogens is 1. The minimum absolute atomic E-state index is 0.0542. The Bertz CT molecular complexity index is 1860. The number of aromatic amines is 1. The van der Waals surface area contributed by atoms with Gasteiger partial charge in [-0.1, -0.05) is 41.9 Å². The molecule has 14 nitrogen and oxygen atoms in total. The summed E-state index contributed by atoms with van der Waals surface area (Å²) in [6, 6.07) is 17.6. The Hall–Kier alpha value is -5.63. The van der Waals surface area contributed by atoms with Crippen molar-refractivity contribution in [1.82, 2.24) is 35.1 Å². The third-order valence-electron chi connectivity index (χ3n) is 6.98. The minimum Gasteiger partial charge on any atom is -0.475 e. The van der Waals surface area contributed by atoms with Gasteiger partial charge in [-0.25, -0.2) is 9.78 Å². The highest BCUT2D eigenvalue weighted by Crippen LogP contribution is 2.30. The van der Waals surface area contributed by atoms with Gasteiger partial charge in [-0.05, 0) is 52.4 Å². The molecule has 0 radical (unpaired) electrons. The maximum absolute atomic E-state index is 13.7. The molecule has 1 saturated heterocycles.